The third-order valence-corrected chi connectivity index (χ3v) is 2.90. The van der Waals surface area contributed by atoms with Gasteiger partial charge in [0.2, 0.25) is 5.91 Å². The highest BCUT2D eigenvalue weighted by Crippen LogP contribution is 2.12. The second-order valence-electron chi connectivity index (χ2n) is 4.33. The van der Waals surface area contributed by atoms with Crippen molar-refractivity contribution in [3.8, 4) is 0 Å². The molecule has 0 aliphatic carbocycles. The number of hydrogen-bond donors (Lipinski definition) is 2. The Hall–Kier alpha value is -1.69. The summed E-state index contributed by atoms with van der Waals surface area (Å²) >= 11 is 0. The monoisotopic (exact) mass is 235 g/mol. The normalized spacial score (nSPS) is 14.4. The lowest BCUT2D eigenvalue weighted by molar-refractivity contribution is -0.126. The van der Waals surface area contributed by atoms with Crippen LogP contribution in [0.2, 0.25) is 0 Å². The van der Waals surface area contributed by atoms with Gasteiger partial charge in [0.1, 0.15) is 5.82 Å². The van der Waals surface area contributed by atoms with E-state index in [1.54, 1.807) is 11.9 Å². The molecule has 17 heavy (non-hydrogen) atoms. The van der Waals surface area contributed by atoms with Crippen LogP contribution in [0.4, 0.5) is 0 Å². The molecule has 6 heteroatoms. The molecule has 0 unspecified atom stereocenters. The van der Waals surface area contributed by atoms with E-state index >= 15 is 0 Å². The Bertz CT molecular complexity index is 456. The van der Waals surface area contributed by atoms with Crippen LogP contribution in [0.3, 0.4) is 0 Å². The molecule has 0 saturated carbocycles. The van der Waals surface area contributed by atoms with Gasteiger partial charge in [0.15, 0.2) is 5.82 Å². The van der Waals surface area contributed by atoms with Crippen molar-refractivity contribution in [2.24, 2.45) is 0 Å². The van der Waals surface area contributed by atoms with Gasteiger partial charge in [0, 0.05) is 25.7 Å². The van der Waals surface area contributed by atoms with Crippen molar-refractivity contribution in [1.82, 2.24) is 25.4 Å². The molecular weight excluding hydrogens is 218 g/mol. The molecule has 92 valence electrons. The van der Waals surface area contributed by atoms with Crippen molar-refractivity contribution in [1.29, 1.82) is 0 Å². The lowest BCUT2D eigenvalue weighted by Crippen LogP contribution is -2.38. The number of amides is 1. The maximum absolute atomic E-state index is 12.1. The fourth-order valence-corrected chi connectivity index (χ4v) is 1.70. The van der Waals surface area contributed by atoms with Gasteiger partial charge in [-0.1, -0.05) is 0 Å². The van der Waals surface area contributed by atoms with Crippen LogP contribution in [0.25, 0.3) is 0 Å². The van der Waals surface area contributed by atoms with Crippen molar-refractivity contribution in [3.05, 3.63) is 22.8 Å². The van der Waals surface area contributed by atoms with E-state index in [2.05, 4.69) is 20.5 Å². The zero-order chi connectivity index (χ0) is 12.4. The summed E-state index contributed by atoms with van der Waals surface area (Å²) in [5.74, 6) is 1.45. The molecule has 0 radical (unpaired) electrons. The molecular formula is C11H17N5O. The topological polar surface area (TPSA) is 73.9 Å². The number of rotatable bonds is 3. The van der Waals surface area contributed by atoms with Gasteiger partial charge in [0.25, 0.3) is 0 Å². The first-order valence-electron chi connectivity index (χ1n) is 5.60. The van der Waals surface area contributed by atoms with Crippen LogP contribution in [-0.4, -0.2) is 46.1 Å². The van der Waals surface area contributed by atoms with Crippen LogP contribution < -0.4 is 5.32 Å². The number of hydrogen-bond acceptors (Lipinski definition) is 4. The summed E-state index contributed by atoms with van der Waals surface area (Å²) in [4.78, 5) is 17.9. The number of H-pyrrole nitrogens is 1. The van der Waals surface area contributed by atoms with Crippen LogP contribution in [-0.2, 0) is 11.3 Å². The lowest BCUT2D eigenvalue weighted by Gasteiger charge is -2.24. The average Bonchev–Trinajstić information content (AvgIpc) is 2.60. The fraction of sp³-hybridized carbons (Fsp3) is 0.545. The van der Waals surface area contributed by atoms with Crippen LogP contribution in [0.1, 0.15) is 18.6 Å². The number of aromatic nitrogens is 3. The summed E-state index contributed by atoms with van der Waals surface area (Å²) in [7, 11) is 1.77. The van der Waals surface area contributed by atoms with E-state index < -0.39 is 0 Å². The van der Waals surface area contributed by atoms with Gasteiger partial charge in [-0.3, -0.25) is 9.89 Å². The third-order valence-electron chi connectivity index (χ3n) is 2.90. The molecule has 2 rings (SSSR count). The zero-order valence-corrected chi connectivity index (χ0v) is 10.4. The minimum atomic E-state index is 0.0453. The Morgan fingerprint density at radius 3 is 2.65 bits per heavy atom. The van der Waals surface area contributed by atoms with Crippen molar-refractivity contribution in [3.63, 3.8) is 0 Å². The molecule has 2 heterocycles. The van der Waals surface area contributed by atoms with E-state index in [-0.39, 0.29) is 5.91 Å². The van der Waals surface area contributed by atoms with Crippen LogP contribution in [0.15, 0.2) is 11.1 Å². The maximum atomic E-state index is 12.1. The van der Waals surface area contributed by atoms with Crippen molar-refractivity contribution >= 4 is 5.91 Å². The molecule has 1 aliphatic heterocycles. The van der Waals surface area contributed by atoms with E-state index in [1.807, 2.05) is 13.8 Å². The Balaban J connectivity index is 2.00. The van der Waals surface area contributed by atoms with Crippen LogP contribution in [0, 0.1) is 6.92 Å². The third kappa shape index (κ3) is 2.52. The highest BCUT2D eigenvalue weighted by atomic mass is 16.2. The first-order chi connectivity index (χ1) is 8.08. The Kier molecular flexibility index (Phi) is 3.23. The second-order valence-corrected chi connectivity index (χ2v) is 4.33. The summed E-state index contributed by atoms with van der Waals surface area (Å²) in [6, 6.07) is 0. The quantitative estimate of drug-likeness (QED) is 0.723. The molecule has 0 bridgehead atoms. The summed E-state index contributed by atoms with van der Waals surface area (Å²) < 4.78 is 0. The smallest absolute Gasteiger partial charge is 0.249 e. The maximum Gasteiger partial charge on any atom is 0.249 e. The van der Waals surface area contributed by atoms with E-state index in [9.17, 15) is 4.79 Å². The van der Waals surface area contributed by atoms with E-state index in [0.717, 1.165) is 24.5 Å². The largest absolute Gasteiger partial charge is 0.334 e. The van der Waals surface area contributed by atoms with Gasteiger partial charge in [-0.15, -0.1) is 0 Å². The van der Waals surface area contributed by atoms with Crippen molar-refractivity contribution < 1.29 is 4.79 Å². The molecule has 6 nitrogen and oxygen atoms in total. The van der Waals surface area contributed by atoms with Crippen molar-refractivity contribution in [2.75, 3.05) is 20.1 Å². The molecule has 1 saturated heterocycles. The SMILES string of the molecule is CC(C(=O)N(C)Cc1n[nH]c(C)n1)=C1CNC1. The van der Waals surface area contributed by atoms with E-state index in [4.69, 9.17) is 0 Å². The first kappa shape index (κ1) is 11.8. The summed E-state index contributed by atoms with van der Waals surface area (Å²) in [5, 5.41) is 9.91. The first-order valence-corrected chi connectivity index (χ1v) is 5.60. The average molecular weight is 235 g/mol. The highest BCUT2D eigenvalue weighted by molar-refractivity contribution is 5.93. The molecule has 2 N–H and O–H groups in total. The van der Waals surface area contributed by atoms with E-state index in [1.165, 1.54) is 5.57 Å². The van der Waals surface area contributed by atoms with Gasteiger partial charge in [0.05, 0.1) is 6.54 Å². The van der Waals surface area contributed by atoms with Gasteiger partial charge < -0.3 is 10.2 Å². The number of likely N-dealkylation sites (N-methyl/N-ethyl adjacent to an activating group) is 1. The molecule has 1 fully saturated rings. The second kappa shape index (κ2) is 4.67. The molecule has 0 atom stereocenters. The summed E-state index contributed by atoms with van der Waals surface area (Å²) in [6.45, 7) is 5.79. The standard InChI is InChI=1S/C11H17N5O/c1-7(9-4-12-5-9)11(17)16(3)6-10-13-8(2)14-15-10/h12H,4-6H2,1-3H3,(H,13,14,15). The Morgan fingerprint density at radius 1 is 1.47 bits per heavy atom. The Labute approximate surface area is 100 Å². The predicted molar refractivity (Wildman–Crippen MR) is 63.2 cm³/mol. The van der Waals surface area contributed by atoms with Crippen LogP contribution >= 0.6 is 0 Å². The molecule has 1 aromatic heterocycles. The fourth-order valence-electron chi connectivity index (χ4n) is 1.70. The zero-order valence-electron chi connectivity index (χ0n) is 10.4. The van der Waals surface area contributed by atoms with Crippen molar-refractivity contribution in [2.45, 2.75) is 20.4 Å². The number of carbonyl (C=O) groups excluding carboxylic acids is 1. The minimum Gasteiger partial charge on any atom is -0.334 e. The van der Waals surface area contributed by atoms with E-state index in [0.29, 0.717) is 12.4 Å². The number of nitrogens with one attached hydrogen (secondary N) is 2. The van der Waals surface area contributed by atoms with Gasteiger partial charge in [-0.2, -0.15) is 5.10 Å². The molecule has 0 spiro atoms. The highest BCUT2D eigenvalue weighted by Gasteiger charge is 2.19. The van der Waals surface area contributed by atoms with Gasteiger partial charge >= 0.3 is 0 Å². The Morgan fingerprint density at radius 2 is 2.18 bits per heavy atom. The van der Waals surface area contributed by atoms with Gasteiger partial charge in [-0.05, 0) is 19.4 Å². The number of aryl methyl sites for hydroxylation is 1. The summed E-state index contributed by atoms with van der Waals surface area (Å²) in [6.07, 6.45) is 0. The number of nitrogens with zero attached hydrogens (tertiary/aromatic N) is 3. The molecule has 0 aromatic carbocycles. The molecule has 1 aliphatic rings. The molecule has 1 amide bonds. The minimum absolute atomic E-state index is 0.0453. The number of carbonyl (C=O) groups is 1. The molecule has 1 aromatic rings. The van der Waals surface area contributed by atoms with Gasteiger partial charge in [-0.25, -0.2) is 4.98 Å². The summed E-state index contributed by atoms with van der Waals surface area (Å²) in [5.41, 5.74) is 2.02. The lowest BCUT2D eigenvalue weighted by atomic mass is 10.0. The predicted octanol–water partition coefficient (Wildman–Crippen LogP) is -0.00878. The van der Waals surface area contributed by atoms with Crippen LogP contribution in [0.5, 0.6) is 0 Å². The number of aromatic amines is 1.